The van der Waals surface area contributed by atoms with E-state index in [2.05, 4.69) is 11.4 Å². The Morgan fingerprint density at radius 2 is 2.00 bits per heavy atom. The molecule has 1 amide bonds. The van der Waals surface area contributed by atoms with Gasteiger partial charge in [0.25, 0.3) is 0 Å². The Kier molecular flexibility index (Phi) is 6.07. The fraction of sp³-hybridized carbons (Fsp3) is 0.421. The van der Waals surface area contributed by atoms with Gasteiger partial charge in [0.05, 0.1) is 19.7 Å². The fourth-order valence-corrected chi connectivity index (χ4v) is 3.92. The van der Waals surface area contributed by atoms with Crippen LogP contribution in [0.5, 0.6) is 5.75 Å². The van der Waals surface area contributed by atoms with Crippen molar-refractivity contribution in [2.45, 2.75) is 25.4 Å². The summed E-state index contributed by atoms with van der Waals surface area (Å²) in [7, 11) is 1.66. The highest BCUT2D eigenvalue weighted by Crippen LogP contribution is 2.29. The van der Waals surface area contributed by atoms with E-state index in [-0.39, 0.29) is 11.8 Å². The minimum atomic E-state index is -0.454. The maximum absolute atomic E-state index is 12.3. The first-order valence-corrected chi connectivity index (χ1v) is 9.33. The lowest BCUT2D eigenvalue weighted by Crippen LogP contribution is -2.46. The number of nitrogens with two attached hydrogens (primary N) is 1. The molecule has 0 spiro atoms. The zero-order chi connectivity index (χ0) is 17.6. The molecule has 1 aliphatic heterocycles. The van der Waals surface area contributed by atoms with E-state index in [9.17, 15) is 4.79 Å². The highest BCUT2D eigenvalue weighted by Gasteiger charge is 2.26. The second-order valence-corrected chi connectivity index (χ2v) is 7.36. The molecule has 1 aromatic carbocycles. The minimum absolute atomic E-state index is 0.0775. The third-order valence-corrected chi connectivity index (χ3v) is 5.68. The lowest BCUT2D eigenvalue weighted by molar-refractivity contribution is -0.124. The number of hydrogen-bond donors (Lipinski definition) is 2. The lowest BCUT2D eigenvalue weighted by atomic mass is 9.92. The number of methoxy groups -OCH3 is 1. The summed E-state index contributed by atoms with van der Waals surface area (Å²) in [5.74, 6) is 0.980. The van der Waals surface area contributed by atoms with Gasteiger partial charge in [-0.3, -0.25) is 4.79 Å². The number of hydrogen-bond acceptors (Lipinski definition) is 5. The van der Waals surface area contributed by atoms with Crippen molar-refractivity contribution in [2.24, 2.45) is 11.7 Å². The number of thiophene rings is 1. The van der Waals surface area contributed by atoms with Crippen molar-refractivity contribution < 1.29 is 14.3 Å². The molecule has 0 aliphatic carbocycles. The van der Waals surface area contributed by atoms with Gasteiger partial charge in [0.2, 0.25) is 5.91 Å². The smallest absolute Gasteiger partial charge is 0.237 e. The van der Waals surface area contributed by atoms with Crippen LogP contribution in [0.25, 0.3) is 10.4 Å². The highest BCUT2D eigenvalue weighted by atomic mass is 32.1. The molecule has 1 atom stereocenters. The monoisotopic (exact) mass is 360 g/mol. The van der Waals surface area contributed by atoms with Crippen LogP contribution in [0.1, 0.15) is 17.7 Å². The molecule has 1 saturated heterocycles. The van der Waals surface area contributed by atoms with Gasteiger partial charge in [0, 0.05) is 23.0 Å². The van der Waals surface area contributed by atoms with Crippen LogP contribution >= 0.6 is 11.3 Å². The Morgan fingerprint density at radius 1 is 1.28 bits per heavy atom. The normalized spacial score (nSPS) is 16.4. The molecule has 1 unspecified atom stereocenters. The van der Waals surface area contributed by atoms with E-state index in [4.69, 9.17) is 15.2 Å². The van der Waals surface area contributed by atoms with Crippen LogP contribution < -0.4 is 15.8 Å². The van der Waals surface area contributed by atoms with Gasteiger partial charge in [-0.25, -0.2) is 0 Å². The quantitative estimate of drug-likeness (QED) is 0.831. The van der Waals surface area contributed by atoms with E-state index < -0.39 is 6.04 Å². The number of ether oxygens (including phenoxy) is 2. The maximum Gasteiger partial charge on any atom is 0.237 e. The second kappa shape index (κ2) is 8.47. The zero-order valence-corrected chi connectivity index (χ0v) is 15.2. The van der Waals surface area contributed by atoms with Crippen molar-refractivity contribution in [2.75, 3.05) is 20.3 Å². The molecule has 0 radical (unpaired) electrons. The third kappa shape index (κ3) is 4.60. The van der Waals surface area contributed by atoms with E-state index >= 15 is 0 Å². The van der Waals surface area contributed by atoms with Crippen LogP contribution in [0.3, 0.4) is 0 Å². The van der Waals surface area contributed by atoms with Gasteiger partial charge in [0.15, 0.2) is 0 Å². The van der Waals surface area contributed by atoms with Crippen LogP contribution in [-0.4, -0.2) is 32.3 Å². The molecule has 0 saturated carbocycles. The van der Waals surface area contributed by atoms with Crippen molar-refractivity contribution in [1.82, 2.24) is 5.32 Å². The number of rotatable bonds is 6. The standard InChI is InChI=1S/C19H24N2O3S/c1-23-15-4-2-13(3-5-15)17-7-6-16(25-17)12-21-19(22)18(20)14-8-10-24-11-9-14/h2-7,14,18H,8-12,20H2,1H3,(H,21,22). The van der Waals surface area contributed by atoms with Crippen molar-refractivity contribution in [3.63, 3.8) is 0 Å². The first-order valence-electron chi connectivity index (χ1n) is 8.51. The average Bonchev–Trinajstić information content (AvgIpc) is 3.15. The van der Waals surface area contributed by atoms with E-state index in [1.54, 1.807) is 18.4 Å². The molecule has 3 rings (SSSR count). The van der Waals surface area contributed by atoms with Crippen LogP contribution in [0.15, 0.2) is 36.4 Å². The third-order valence-electron chi connectivity index (χ3n) is 4.55. The molecule has 134 valence electrons. The predicted molar refractivity (Wildman–Crippen MR) is 99.7 cm³/mol. The second-order valence-electron chi connectivity index (χ2n) is 6.19. The van der Waals surface area contributed by atoms with Crippen molar-refractivity contribution >= 4 is 17.2 Å². The molecule has 1 aliphatic rings. The Labute approximate surface area is 152 Å². The lowest BCUT2D eigenvalue weighted by Gasteiger charge is -2.26. The highest BCUT2D eigenvalue weighted by molar-refractivity contribution is 7.15. The van der Waals surface area contributed by atoms with E-state index in [0.29, 0.717) is 19.8 Å². The number of nitrogens with one attached hydrogen (secondary N) is 1. The van der Waals surface area contributed by atoms with Crippen LogP contribution in [-0.2, 0) is 16.1 Å². The van der Waals surface area contributed by atoms with Crippen LogP contribution in [0, 0.1) is 5.92 Å². The van der Waals surface area contributed by atoms with Gasteiger partial charge >= 0.3 is 0 Å². The van der Waals surface area contributed by atoms with Gasteiger partial charge in [-0.05, 0) is 60.7 Å². The SMILES string of the molecule is COc1ccc(-c2ccc(CNC(=O)C(N)C3CCOCC3)s2)cc1. The largest absolute Gasteiger partial charge is 0.497 e. The Morgan fingerprint density at radius 3 is 2.68 bits per heavy atom. The summed E-state index contributed by atoms with van der Waals surface area (Å²) in [6.45, 7) is 1.90. The van der Waals surface area contributed by atoms with Crippen molar-refractivity contribution in [1.29, 1.82) is 0 Å². The van der Waals surface area contributed by atoms with E-state index in [1.165, 1.54) is 4.88 Å². The van der Waals surface area contributed by atoms with Crippen LogP contribution in [0.2, 0.25) is 0 Å². The van der Waals surface area contributed by atoms with Gasteiger partial charge in [-0.2, -0.15) is 0 Å². The van der Waals surface area contributed by atoms with Crippen LogP contribution in [0.4, 0.5) is 0 Å². The zero-order valence-electron chi connectivity index (χ0n) is 14.4. The fourth-order valence-electron chi connectivity index (χ4n) is 2.96. The summed E-state index contributed by atoms with van der Waals surface area (Å²) < 4.78 is 10.5. The molecule has 5 nitrogen and oxygen atoms in total. The first-order chi connectivity index (χ1) is 12.2. The molecular weight excluding hydrogens is 336 g/mol. The molecule has 1 fully saturated rings. The molecule has 6 heteroatoms. The number of carbonyl (C=O) groups is 1. The van der Waals surface area contributed by atoms with E-state index in [1.807, 2.05) is 30.3 Å². The average molecular weight is 360 g/mol. The minimum Gasteiger partial charge on any atom is -0.497 e. The molecule has 1 aromatic heterocycles. The molecule has 2 aromatic rings. The number of benzene rings is 1. The Balaban J connectivity index is 1.54. The number of carbonyl (C=O) groups excluding carboxylic acids is 1. The van der Waals surface area contributed by atoms with Gasteiger partial charge < -0.3 is 20.5 Å². The number of amides is 1. The topological polar surface area (TPSA) is 73.6 Å². The van der Waals surface area contributed by atoms with Gasteiger partial charge in [-0.1, -0.05) is 0 Å². The summed E-state index contributed by atoms with van der Waals surface area (Å²) >= 11 is 1.67. The summed E-state index contributed by atoms with van der Waals surface area (Å²) in [5, 5.41) is 2.96. The van der Waals surface area contributed by atoms with Crippen molar-refractivity contribution in [3.05, 3.63) is 41.3 Å². The Bertz CT molecular complexity index is 693. The molecule has 25 heavy (non-hydrogen) atoms. The first kappa shape index (κ1) is 17.9. The molecule has 2 heterocycles. The van der Waals surface area contributed by atoms with E-state index in [0.717, 1.165) is 29.0 Å². The summed E-state index contributed by atoms with van der Waals surface area (Å²) in [6.07, 6.45) is 1.71. The van der Waals surface area contributed by atoms with Gasteiger partial charge in [0.1, 0.15) is 5.75 Å². The predicted octanol–water partition coefficient (Wildman–Crippen LogP) is 2.79. The summed E-state index contributed by atoms with van der Waals surface area (Å²) in [6, 6.07) is 11.6. The Hall–Kier alpha value is -1.89. The summed E-state index contributed by atoms with van der Waals surface area (Å²) in [4.78, 5) is 14.6. The molecule has 0 bridgehead atoms. The van der Waals surface area contributed by atoms with Crippen molar-refractivity contribution in [3.8, 4) is 16.2 Å². The molecular formula is C19H24N2O3S. The maximum atomic E-state index is 12.3. The summed E-state index contributed by atoms with van der Waals surface area (Å²) in [5.41, 5.74) is 7.24. The molecule has 3 N–H and O–H groups in total. The van der Waals surface area contributed by atoms with Gasteiger partial charge in [-0.15, -0.1) is 11.3 Å².